The van der Waals surface area contributed by atoms with E-state index in [1.807, 2.05) is 20.8 Å². The average molecular weight is 305 g/mol. The van der Waals surface area contributed by atoms with Gasteiger partial charge in [0.2, 0.25) is 5.78 Å². The van der Waals surface area contributed by atoms with Crippen molar-refractivity contribution in [2.24, 2.45) is 0 Å². The Morgan fingerprint density at radius 1 is 1.14 bits per heavy atom. The van der Waals surface area contributed by atoms with Crippen LogP contribution in [0.1, 0.15) is 84.5 Å². The van der Waals surface area contributed by atoms with Crippen molar-refractivity contribution < 1.29 is 14.9 Å². The molecule has 3 N–H and O–H groups in total. The molecule has 0 spiro atoms. The standard InChI is InChI=1S/C18H28N2O2/c1-11-16(14(4)21)12(2)20-17(11)18(22)13(3)19-15-9-7-5-6-8-10-15/h13,15,19-20H,5-10H2,1-4H3/p+1/t13-/m0/s1. The van der Waals surface area contributed by atoms with E-state index in [-0.39, 0.29) is 17.6 Å². The van der Waals surface area contributed by atoms with Crippen LogP contribution in [0, 0.1) is 13.8 Å². The summed E-state index contributed by atoms with van der Waals surface area (Å²) in [5, 5.41) is 2.23. The van der Waals surface area contributed by atoms with Crippen LogP contribution in [0.4, 0.5) is 0 Å². The van der Waals surface area contributed by atoms with Crippen molar-refractivity contribution in [3.8, 4) is 0 Å². The Balaban J connectivity index is 2.10. The summed E-state index contributed by atoms with van der Waals surface area (Å²) in [6.45, 7) is 7.26. The van der Waals surface area contributed by atoms with Crippen LogP contribution in [0.25, 0.3) is 0 Å². The van der Waals surface area contributed by atoms with Crippen molar-refractivity contribution in [2.45, 2.75) is 78.3 Å². The van der Waals surface area contributed by atoms with Gasteiger partial charge in [0.15, 0.2) is 5.78 Å². The van der Waals surface area contributed by atoms with Crippen molar-refractivity contribution in [2.75, 3.05) is 0 Å². The molecule has 1 aliphatic rings. The topological polar surface area (TPSA) is 66.5 Å². The molecule has 0 radical (unpaired) electrons. The molecule has 0 aromatic carbocycles. The third-order valence-electron chi connectivity index (χ3n) is 4.91. The lowest BCUT2D eigenvalue weighted by atomic mass is 10.0. The molecule has 122 valence electrons. The molecule has 1 fully saturated rings. The number of H-pyrrole nitrogens is 1. The first kappa shape index (κ1) is 16.9. The maximum absolute atomic E-state index is 12.7. The Morgan fingerprint density at radius 2 is 1.73 bits per heavy atom. The largest absolute Gasteiger partial charge is 0.355 e. The van der Waals surface area contributed by atoms with E-state index in [1.165, 1.54) is 38.5 Å². The summed E-state index contributed by atoms with van der Waals surface area (Å²) < 4.78 is 0. The zero-order valence-electron chi connectivity index (χ0n) is 14.3. The number of carbonyl (C=O) groups is 2. The number of ketones is 2. The zero-order valence-corrected chi connectivity index (χ0v) is 14.3. The SMILES string of the molecule is CC(=O)c1c(C)[nH]c(C(=O)[C@H](C)[NH2+]C2CCCCCC2)c1C. The van der Waals surface area contributed by atoms with E-state index in [0.717, 1.165) is 11.3 Å². The molecule has 4 nitrogen and oxygen atoms in total. The molecule has 4 heteroatoms. The zero-order chi connectivity index (χ0) is 16.3. The summed E-state index contributed by atoms with van der Waals surface area (Å²) in [6.07, 6.45) is 7.61. The maximum Gasteiger partial charge on any atom is 0.235 e. The Labute approximate surface area is 133 Å². The van der Waals surface area contributed by atoms with Gasteiger partial charge in [0.25, 0.3) is 0 Å². The smallest absolute Gasteiger partial charge is 0.235 e. The Hall–Kier alpha value is -1.42. The fourth-order valence-corrected chi connectivity index (χ4v) is 3.75. The van der Waals surface area contributed by atoms with Crippen LogP contribution in [0.15, 0.2) is 0 Å². The van der Waals surface area contributed by atoms with Gasteiger partial charge in [0.05, 0.1) is 11.7 Å². The monoisotopic (exact) mass is 305 g/mol. The van der Waals surface area contributed by atoms with E-state index in [1.54, 1.807) is 6.92 Å². The van der Waals surface area contributed by atoms with E-state index in [2.05, 4.69) is 10.3 Å². The van der Waals surface area contributed by atoms with Gasteiger partial charge < -0.3 is 10.3 Å². The van der Waals surface area contributed by atoms with Gasteiger partial charge in [-0.1, -0.05) is 12.8 Å². The minimum absolute atomic E-state index is 0.0192. The Morgan fingerprint density at radius 3 is 2.23 bits per heavy atom. The number of hydrogen-bond donors (Lipinski definition) is 2. The van der Waals surface area contributed by atoms with E-state index < -0.39 is 0 Å². The first-order valence-electron chi connectivity index (χ1n) is 8.51. The van der Waals surface area contributed by atoms with Crippen molar-refractivity contribution in [3.63, 3.8) is 0 Å². The van der Waals surface area contributed by atoms with E-state index >= 15 is 0 Å². The Bertz CT molecular complexity index is 552. The molecule has 1 aromatic heterocycles. The molecule has 1 aromatic rings. The number of aromatic nitrogens is 1. The van der Waals surface area contributed by atoms with Gasteiger partial charge in [-0.05, 0) is 58.9 Å². The van der Waals surface area contributed by atoms with Crippen LogP contribution in [0.3, 0.4) is 0 Å². The van der Waals surface area contributed by atoms with Crippen molar-refractivity contribution in [1.29, 1.82) is 0 Å². The summed E-state index contributed by atoms with van der Waals surface area (Å²) in [5.41, 5.74) is 2.89. The quantitative estimate of drug-likeness (QED) is 0.649. The average Bonchev–Trinajstić information content (AvgIpc) is 2.64. The second-order valence-corrected chi connectivity index (χ2v) is 6.78. The highest BCUT2D eigenvalue weighted by molar-refractivity contribution is 6.04. The summed E-state index contributed by atoms with van der Waals surface area (Å²) in [5.74, 6) is 0.128. The molecule has 22 heavy (non-hydrogen) atoms. The van der Waals surface area contributed by atoms with Crippen LogP contribution in [-0.4, -0.2) is 28.6 Å². The normalized spacial score (nSPS) is 18.0. The van der Waals surface area contributed by atoms with Crippen LogP contribution < -0.4 is 5.32 Å². The first-order chi connectivity index (χ1) is 10.4. The second kappa shape index (κ2) is 7.23. The van der Waals surface area contributed by atoms with Crippen molar-refractivity contribution in [1.82, 2.24) is 4.98 Å². The first-order valence-corrected chi connectivity index (χ1v) is 8.51. The predicted octanol–water partition coefficient (Wildman–Crippen LogP) is 2.69. The molecule has 1 saturated carbocycles. The fourth-order valence-electron chi connectivity index (χ4n) is 3.75. The molecule has 1 heterocycles. The van der Waals surface area contributed by atoms with E-state index in [4.69, 9.17) is 0 Å². The van der Waals surface area contributed by atoms with Gasteiger partial charge in [-0.2, -0.15) is 0 Å². The van der Waals surface area contributed by atoms with Crippen molar-refractivity contribution >= 4 is 11.6 Å². The van der Waals surface area contributed by atoms with Crippen LogP contribution >= 0.6 is 0 Å². The minimum atomic E-state index is -0.0975. The summed E-state index contributed by atoms with van der Waals surface area (Å²) >= 11 is 0. The molecule has 2 rings (SSSR count). The van der Waals surface area contributed by atoms with Gasteiger partial charge >= 0.3 is 0 Å². The highest BCUT2D eigenvalue weighted by atomic mass is 16.1. The molecule has 1 aliphatic carbocycles. The van der Waals surface area contributed by atoms with Gasteiger partial charge in [0, 0.05) is 11.3 Å². The van der Waals surface area contributed by atoms with E-state index in [0.29, 0.717) is 17.3 Å². The number of nitrogens with one attached hydrogen (secondary N) is 1. The van der Waals surface area contributed by atoms with Crippen LogP contribution in [0.2, 0.25) is 0 Å². The van der Waals surface area contributed by atoms with Gasteiger partial charge in [-0.15, -0.1) is 0 Å². The lowest BCUT2D eigenvalue weighted by molar-refractivity contribution is -0.706. The lowest BCUT2D eigenvalue weighted by Crippen LogP contribution is -2.95. The Kier molecular flexibility index (Phi) is 5.57. The van der Waals surface area contributed by atoms with Gasteiger partial charge in [0.1, 0.15) is 6.04 Å². The highest BCUT2D eigenvalue weighted by Crippen LogP contribution is 2.20. The van der Waals surface area contributed by atoms with Crippen LogP contribution in [0.5, 0.6) is 0 Å². The molecular weight excluding hydrogens is 276 g/mol. The summed E-state index contributed by atoms with van der Waals surface area (Å²) in [4.78, 5) is 27.6. The number of hydrogen-bond acceptors (Lipinski definition) is 2. The highest BCUT2D eigenvalue weighted by Gasteiger charge is 2.28. The molecule has 0 saturated heterocycles. The fraction of sp³-hybridized carbons (Fsp3) is 0.667. The number of Topliss-reactive ketones (excluding diaryl/α,β-unsaturated/α-hetero) is 2. The molecule has 1 atom stereocenters. The molecule has 0 bridgehead atoms. The number of rotatable bonds is 5. The van der Waals surface area contributed by atoms with Crippen molar-refractivity contribution in [3.05, 3.63) is 22.5 Å². The third-order valence-corrected chi connectivity index (χ3v) is 4.91. The van der Waals surface area contributed by atoms with Gasteiger partial charge in [-0.25, -0.2) is 0 Å². The number of aromatic amines is 1. The number of quaternary nitrogens is 1. The van der Waals surface area contributed by atoms with Crippen LogP contribution in [-0.2, 0) is 0 Å². The molecule has 0 aliphatic heterocycles. The maximum atomic E-state index is 12.7. The number of carbonyl (C=O) groups excluding carboxylic acids is 2. The number of aryl methyl sites for hydroxylation is 1. The predicted molar refractivity (Wildman–Crippen MR) is 87.5 cm³/mol. The lowest BCUT2D eigenvalue weighted by Gasteiger charge is -2.17. The summed E-state index contributed by atoms with van der Waals surface area (Å²) in [6, 6.07) is 0.463. The third kappa shape index (κ3) is 3.67. The molecule has 0 amide bonds. The summed E-state index contributed by atoms with van der Waals surface area (Å²) in [7, 11) is 0. The van der Waals surface area contributed by atoms with Gasteiger partial charge in [-0.3, -0.25) is 9.59 Å². The second-order valence-electron chi connectivity index (χ2n) is 6.78. The molecular formula is C18H29N2O2+. The number of nitrogens with two attached hydrogens (primary N) is 1. The molecule has 0 unspecified atom stereocenters. The minimum Gasteiger partial charge on any atom is -0.355 e. The van der Waals surface area contributed by atoms with E-state index in [9.17, 15) is 9.59 Å².